The van der Waals surface area contributed by atoms with Crippen LogP contribution in [0.2, 0.25) is 0 Å². The Bertz CT molecular complexity index is 153. The summed E-state index contributed by atoms with van der Waals surface area (Å²) in [5.41, 5.74) is 0. The van der Waals surface area contributed by atoms with Crippen LogP contribution in [0.1, 0.15) is 6.92 Å². The Balaban J connectivity index is 2.63. The van der Waals surface area contributed by atoms with Crippen LogP contribution in [0.3, 0.4) is 0 Å². The van der Waals surface area contributed by atoms with Crippen LogP contribution in [0.15, 0.2) is 17.4 Å². The summed E-state index contributed by atoms with van der Waals surface area (Å²) in [6.45, 7) is 2.09. The van der Waals surface area contributed by atoms with E-state index < -0.39 is 0 Å². The summed E-state index contributed by atoms with van der Waals surface area (Å²) < 4.78 is 0. The maximum absolute atomic E-state index is 4.01. The molecule has 0 aromatic rings. The maximum Gasteiger partial charge on any atom is 0.116 e. The lowest BCUT2D eigenvalue weighted by molar-refractivity contribution is 0.749. The number of nitrogens with zero attached hydrogens (tertiary/aromatic N) is 1. The molecule has 1 aliphatic heterocycles. The van der Waals surface area contributed by atoms with Crippen molar-refractivity contribution in [2.45, 2.75) is 11.8 Å². The highest BCUT2D eigenvalue weighted by Crippen LogP contribution is 2.17. The molecule has 1 heterocycles. The van der Waals surface area contributed by atoms with Crippen molar-refractivity contribution in [2.75, 3.05) is 6.26 Å². The summed E-state index contributed by atoms with van der Waals surface area (Å²) in [4.78, 5) is 4.02. The van der Waals surface area contributed by atoms with Crippen molar-refractivity contribution in [3.05, 3.63) is 12.4 Å². The number of nitrogens with one attached hydrogen (secondary N) is 1. The van der Waals surface area contributed by atoms with E-state index in [2.05, 4.69) is 23.5 Å². The molecule has 1 unspecified atom stereocenters. The van der Waals surface area contributed by atoms with E-state index in [1.165, 1.54) is 0 Å². The van der Waals surface area contributed by atoms with Crippen LogP contribution in [0.4, 0.5) is 0 Å². The van der Waals surface area contributed by atoms with E-state index in [1.807, 2.05) is 12.4 Å². The third-order valence-corrected chi connectivity index (χ3v) is 2.35. The van der Waals surface area contributed by atoms with E-state index in [9.17, 15) is 0 Å². The third kappa shape index (κ3) is 1.48. The second kappa shape index (κ2) is 2.43. The molecule has 0 fully saturated rings. The lowest BCUT2D eigenvalue weighted by Gasteiger charge is -2.24. The molecule has 50 valence electrons. The Kier molecular flexibility index (Phi) is 1.81. The summed E-state index contributed by atoms with van der Waals surface area (Å²) in [6.07, 6.45) is 7.56. The highest BCUT2D eigenvalue weighted by Gasteiger charge is 2.18. The van der Waals surface area contributed by atoms with Gasteiger partial charge in [0, 0.05) is 18.6 Å². The fraction of sp³-hybridized carbons (Fsp3) is 0.500. The van der Waals surface area contributed by atoms with Crippen LogP contribution in [0, 0.1) is 0 Å². The first-order valence-corrected chi connectivity index (χ1v) is 4.01. The summed E-state index contributed by atoms with van der Waals surface area (Å²) in [5.74, 6) is 0. The van der Waals surface area contributed by atoms with Crippen molar-refractivity contribution in [1.82, 2.24) is 5.32 Å². The van der Waals surface area contributed by atoms with Crippen molar-refractivity contribution >= 4 is 18.0 Å². The molecule has 0 saturated carbocycles. The molecule has 1 rings (SSSR count). The van der Waals surface area contributed by atoms with Crippen molar-refractivity contribution in [3.63, 3.8) is 0 Å². The van der Waals surface area contributed by atoms with Crippen LogP contribution in [0.25, 0.3) is 0 Å². The van der Waals surface area contributed by atoms with Gasteiger partial charge in [-0.05, 0) is 13.2 Å². The summed E-state index contributed by atoms with van der Waals surface area (Å²) in [6, 6.07) is 0. The van der Waals surface area contributed by atoms with Gasteiger partial charge in [0.2, 0.25) is 0 Å². The second-order valence-corrected chi connectivity index (χ2v) is 3.31. The fourth-order valence-electron chi connectivity index (χ4n) is 0.580. The third-order valence-electron chi connectivity index (χ3n) is 1.28. The van der Waals surface area contributed by atoms with E-state index >= 15 is 0 Å². The zero-order valence-corrected chi connectivity index (χ0v) is 6.40. The number of aliphatic imine (C=N–C) groups is 1. The summed E-state index contributed by atoms with van der Waals surface area (Å²) >= 11 is 1.74. The first kappa shape index (κ1) is 6.68. The fourth-order valence-corrected chi connectivity index (χ4v) is 0.932. The minimum atomic E-state index is 0.00868. The molecule has 1 aliphatic rings. The molecular formula is C6H10N2S. The summed E-state index contributed by atoms with van der Waals surface area (Å²) in [5, 5.41) is 3.18. The van der Waals surface area contributed by atoms with Gasteiger partial charge in [-0.3, -0.25) is 4.99 Å². The molecule has 9 heavy (non-hydrogen) atoms. The number of hydrogen-bond acceptors (Lipinski definition) is 3. The molecular weight excluding hydrogens is 132 g/mol. The Morgan fingerprint density at radius 3 is 2.78 bits per heavy atom. The number of hydrogen-bond donors (Lipinski definition) is 1. The van der Waals surface area contributed by atoms with Gasteiger partial charge in [-0.1, -0.05) is 0 Å². The van der Waals surface area contributed by atoms with Crippen LogP contribution in [-0.2, 0) is 0 Å². The zero-order chi connectivity index (χ0) is 6.74. The van der Waals surface area contributed by atoms with Gasteiger partial charge in [0.1, 0.15) is 4.87 Å². The van der Waals surface area contributed by atoms with Gasteiger partial charge in [-0.15, -0.1) is 11.8 Å². The van der Waals surface area contributed by atoms with Crippen molar-refractivity contribution in [3.8, 4) is 0 Å². The molecule has 0 saturated heterocycles. The van der Waals surface area contributed by atoms with Gasteiger partial charge >= 0.3 is 0 Å². The average molecular weight is 142 g/mol. The molecule has 0 spiro atoms. The molecule has 1 N–H and O–H groups in total. The van der Waals surface area contributed by atoms with Crippen molar-refractivity contribution in [1.29, 1.82) is 0 Å². The van der Waals surface area contributed by atoms with Gasteiger partial charge in [0.25, 0.3) is 0 Å². The average Bonchev–Trinajstić information content (AvgIpc) is 1.90. The lowest BCUT2D eigenvalue weighted by Crippen LogP contribution is -2.37. The highest BCUT2D eigenvalue weighted by molar-refractivity contribution is 8.00. The predicted octanol–water partition coefficient (Wildman–Crippen LogP) is 1.21. The minimum absolute atomic E-state index is 0.00868. The quantitative estimate of drug-likeness (QED) is 0.595. The zero-order valence-electron chi connectivity index (χ0n) is 5.59. The van der Waals surface area contributed by atoms with Crippen molar-refractivity contribution in [2.24, 2.45) is 4.99 Å². The Labute approximate surface area is 59.4 Å². The Morgan fingerprint density at radius 1 is 1.67 bits per heavy atom. The van der Waals surface area contributed by atoms with E-state index in [1.54, 1.807) is 18.0 Å². The molecule has 0 amide bonds. The van der Waals surface area contributed by atoms with E-state index in [-0.39, 0.29) is 4.87 Å². The SMILES string of the molecule is CSC1(C)C=NC=CN1. The van der Waals surface area contributed by atoms with E-state index in [4.69, 9.17) is 0 Å². The Morgan fingerprint density at radius 2 is 2.44 bits per heavy atom. The molecule has 0 aliphatic carbocycles. The van der Waals surface area contributed by atoms with E-state index in [0.717, 1.165) is 0 Å². The molecule has 0 aromatic carbocycles. The van der Waals surface area contributed by atoms with Crippen LogP contribution >= 0.6 is 11.8 Å². The normalized spacial score (nSPS) is 32.2. The van der Waals surface area contributed by atoms with Crippen molar-refractivity contribution < 1.29 is 0 Å². The molecule has 0 radical (unpaired) electrons. The maximum atomic E-state index is 4.01. The summed E-state index contributed by atoms with van der Waals surface area (Å²) in [7, 11) is 0. The molecule has 2 nitrogen and oxygen atoms in total. The standard InChI is InChI=1S/C6H10N2S/c1-6(9-2)5-7-3-4-8-6/h3-5,8H,1-2H3. The number of thioether (sulfide) groups is 1. The van der Waals surface area contributed by atoms with Gasteiger partial charge in [-0.2, -0.15) is 0 Å². The number of rotatable bonds is 1. The first-order valence-electron chi connectivity index (χ1n) is 2.79. The largest absolute Gasteiger partial charge is 0.371 e. The predicted molar refractivity (Wildman–Crippen MR) is 42.7 cm³/mol. The lowest BCUT2D eigenvalue weighted by atomic mass is 10.3. The van der Waals surface area contributed by atoms with Gasteiger partial charge in [0.05, 0.1) is 0 Å². The van der Waals surface area contributed by atoms with E-state index in [0.29, 0.717) is 0 Å². The smallest absolute Gasteiger partial charge is 0.116 e. The molecule has 1 atom stereocenters. The monoisotopic (exact) mass is 142 g/mol. The van der Waals surface area contributed by atoms with Crippen LogP contribution < -0.4 is 5.32 Å². The Hall–Kier alpha value is -0.440. The van der Waals surface area contributed by atoms with Gasteiger partial charge in [0.15, 0.2) is 0 Å². The topological polar surface area (TPSA) is 24.4 Å². The first-order chi connectivity index (χ1) is 4.27. The molecule has 3 heteroatoms. The molecule has 0 bridgehead atoms. The highest BCUT2D eigenvalue weighted by atomic mass is 32.2. The van der Waals surface area contributed by atoms with Gasteiger partial charge < -0.3 is 5.32 Å². The second-order valence-electron chi connectivity index (χ2n) is 2.05. The minimum Gasteiger partial charge on any atom is -0.371 e. The van der Waals surface area contributed by atoms with Gasteiger partial charge in [-0.25, -0.2) is 0 Å². The molecule has 0 aromatic heterocycles. The van der Waals surface area contributed by atoms with Crippen LogP contribution in [-0.4, -0.2) is 17.3 Å². The van der Waals surface area contributed by atoms with Crippen LogP contribution in [0.5, 0.6) is 0 Å².